The second-order valence-electron chi connectivity index (χ2n) is 4.06. The summed E-state index contributed by atoms with van der Waals surface area (Å²) in [5.41, 5.74) is 1.31. The summed E-state index contributed by atoms with van der Waals surface area (Å²) in [5.74, 6) is -1.28. The van der Waals surface area contributed by atoms with Gasteiger partial charge in [-0.25, -0.2) is 4.79 Å². The first-order valence-electron chi connectivity index (χ1n) is 6.04. The van der Waals surface area contributed by atoms with Gasteiger partial charge in [0.2, 0.25) is 0 Å². The van der Waals surface area contributed by atoms with Crippen molar-refractivity contribution < 1.29 is 14.7 Å². The van der Waals surface area contributed by atoms with Crippen LogP contribution in [0, 0.1) is 0 Å². The van der Waals surface area contributed by atoms with E-state index < -0.39 is 5.97 Å². The van der Waals surface area contributed by atoms with Crippen LogP contribution >= 0.6 is 23.1 Å². The molecular formula is C15H13NO3S2. The molecule has 0 radical (unpaired) electrons. The van der Waals surface area contributed by atoms with Gasteiger partial charge in [-0.15, -0.1) is 23.1 Å². The molecule has 0 unspecified atom stereocenters. The molecule has 6 heteroatoms. The molecule has 1 amide bonds. The summed E-state index contributed by atoms with van der Waals surface area (Å²) in [4.78, 5) is 24.4. The molecule has 0 fully saturated rings. The summed E-state index contributed by atoms with van der Waals surface area (Å²) in [5, 5.41) is 13.2. The number of hydrogen-bond acceptors (Lipinski definition) is 4. The van der Waals surface area contributed by atoms with Crippen LogP contribution in [-0.2, 0) is 4.79 Å². The number of benzene rings is 1. The largest absolute Gasteiger partial charge is 0.478 e. The van der Waals surface area contributed by atoms with Gasteiger partial charge in [-0.1, -0.05) is 6.07 Å². The van der Waals surface area contributed by atoms with Crippen LogP contribution in [0.4, 0.5) is 5.69 Å². The molecule has 2 N–H and O–H groups in total. The summed E-state index contributed by atoms with van der Waals surface area (Å²) >= 11 is 2.87. The van der Waals surface area contributed by atoms with Crippen LogP contribution in [0.25, 0.3) is 6.08 Å². The minimum atomic E-state index is -1.04. The quantitative estimate of drug-likeness (QED) is 0.649. The molecule has 2 aromatic rings. The molecule has 4 nitrogen and oxygen atoms in total. The van der Waals surface area contributed by atoms with Crippen molar-refractivity contribution in [1.82, 2.24) is 0 Å². The molecule has 0 aliphatic carbocycles. The highest BCUT2D eigenvalue weighted by molar-refractivity contribution is 7.98. The number of nitrogens with one attached hydrogen (secondary N) is 1. The summed E-state index contributed by atoms with van der Waals surface area (Å²) in [6.45, 7) is 0. The summed E-state index contributed by atoms with van der Waals surface area (Å²) in [6.07, 6.45) is 4.41. The Morgan fingerprint density at radius 2 is 2.14 bits per heavy atom. The van der Waals surface area contributed by atoms with Gasteiger partial charge in [0.1, 0.15) is 0 Å². The standard InChI is InChI=1S/C15H13NO3S2/c1-20-12-4-2-3-11(9-12)16-15(19)14-10(7-8-21-14)5-6-13(17)18/h2-9H,1H3,(H,16,19)(H,17,18). The zero-order valence-electron chi connectivity index (χ0n) is 11.2. The van der Waals surface area contributed by atoms with E-state index >= 15 is 0 Å². The predicted molar refractivity (Wildman–Crippen MR) is 87.2 cm³/mol. The third-order valence-electron chi connectivity index (χ3n) is 2.63. The maximum atomic E-state index is 12.3. The lowest BCUT2D eigenvalue weighted by Crippen LogP contribution is -2.11. The Hall–Kier alpha value is -2.05. The fourth-order valence-corrected chi connectivity index (χ4v) is 2.93. The van der Waals surface area contributed by atoms with Gasteiger partial charge >= 0.3 is 5.97 Å². The van der Waals surface area contributed by atoms with Crippen molar-refractivity contribution in [3.8, 4) is 0 Å². The predicted octanol–water partition coefficient (Wildman–Crippen LogP) is 3.82. The van der Waals surface area contributed by atoms with Crippen molar-refractivity contribution in [1.29, 1.82) is 0 Å². The van der Waals surface area contributed by atoms with Crippen LogP contribution in [0.1, 0.15) is 15.2 Å². The first-order valence-corrected chi connectivity index (χ1v) is 8.14. The smallest absolute Gasteiger partial charge is 0.328 e. The Morgan fingerprint density at radius 1 is 1.33 bits per heavy atom. The van der Waals surface area contributed by atoms with Crippen LogP contribution in [-0.4, -0.2) is 23.2 Å². The number of carbonyl (C=O) groups excluding carboxylic acids is 1. The number of carboxylic acid groups (broad SMARTS) is 1. The number of carboxylic acids is 1. The molecule has 1 aromatic heterocycles. The van der Waals surface area contributed by atoms with Gasteiger partial charge in [-0.3, -0.25) is 4.79 Å². The fourth-order valence-electron chi connectivity index (χ4n) is 1.68. The molecule has 108 valence electrons. The molecular weight excluding hydrogens is 306 g/mol. The first-order chi connectivity index (χ1) is 10.1. The highest BCUT2D eigenvalue weighted by Crippen LogP contribution is 2.22. The Kier molecular flexibility index (Phi) is 5.19. The van der Waals surface area contributed by atoms with Crippen LogP contribution in [0.15, 0.2) is 46.7 Å². The molecule has 0 atom stereocenters. The molecule has 0 aliphatic rings. The van der Waals surface area contributed by atoms with Gasteiger partial charge in [-0.2, -0.15) is 0 Å². The number of thiophene rings is 1. The van der Waals surface area contributed by atoms with Crippen molar-refractivity contribution in [3.63, 3.8) is 0 Å². The fraction of sp³-hybridized carbons (Fsp3) is 0.0667. The Bertz CT molecular complexity index is 692. The molecule has 1 aromatic carbocycles. The average Bonchev–Trinajstić information content (AvgIpc) is 2.93. The Labute approximate surface area is 130 Å². The average molecular weight is 319 g/mol. The molecule has 0 saturated carbocycles. The zero-order chi connectivity index (χ0) is 15.2. The second kappa shape index (κ2) is 7.10. The van der Waals surface area contributed by atoms with E-state index in [2.05, 4.69) is 5.32 Å². The number of thioether (sulfide) groups is 1. The van der Waals surface area contributed by atoms with Crippen LogP contribution in [0.2, 0.25) is 0 Å². The molecule has 1 heterocycles. The van der Waals surface area contributed by atoms with E-state index in [0.717, 1.165) is 11.0 Å². The number of rotatable bonds is 5. The van der Waals surface area contributed by atoms with Gasteiger partial charge in [-0.05, 0) is 47.5 Å². The van der Waals surface area contributed by atoms with Crippen LogP contribution in [0.3, 0.4) is 0 Å². The lowest BCUT2D eigenvalue weighted by Gasteiger charge is -2.06. The first kappa shape index (κ1) is 15.3. The monoisotopic (exact) mass is 319 g/mol. The second-order valence-corrected chi connectivity index (χ2v) is 5.86. The lowest BCUT2D eigenvalue weighted by atomic mass is 10.2. The maximum absolute atomic E-state index is 12.3. The van der Waals surface area contributed by atoms with E-state index in [-0.39, 0.29) is 5.91 Å². The number of amides is 1. The van der Waals surface area contributed by atoms with Crippen molar-refractivity contribution >= 4 is 46.7 Å². The lowest BCUT2D eigenvalue weighted by molar-refractivity contribution is -0.131. The van der Waals surface area contributed by atoms with Gasteiger partial charge < -0.3 is 10.4 Å². The van der Waals surface area contributed by atoms with Crippen molar-refractivity contribution in [2.24, 2.45) is 0 Å². The normalized spacial score (nSPS) is 10.7. The van der Waals surface area contributed by atoms with E-state index in [1.54, 1.807) is 23.2 Å². The SMILES string of the molecule is CSc1cccc(NC(=O)c2sccc2C=CC(=O)O)c1. The van der Waals surface area contributed by atoms with Gasteiger partial charge in [0.05, 0.1) is 4.88 Å². The van der Waals surface area contributed by atoms with Crippen LogP contribution < -0.4 is 5.32 Å². The summed E-state index contributed by atoms with van der Waals surface area (Å²) in [6, 6.07) is 9.27. The molecule has 0 aliphatic heterocycles. The van der Waals surface area contributed by atoms with E-state index in [0.29, 0.717) is 16.1 Å². The number of anilines is 1. The topological polar surface area (TPSA) is 66.4 Å². The molecule has 0 saturated heterocycles. The van der Waals surface area contributed by atoms with E-state index in [1.165, 1.54) is 17.4 Å². The van der Waals surface area contributed by atoms with E-state index in [1.807, 2.05) is 30.5 Å². The van der Waals surface area contributed by atoms with E-state index in [4.69, 9.17) is 5.11 Å². The highest BCUT2D eigenvalue weighted by Gasteiger charge is 2.12. The molecule has 2 rings (SSSR count). The van der Waals surface area contributed by atoms with Crippen LogP contribution in [0.5, 0.6) is 0 Å². The van der Waals surface area contributed by atoms with Crippen molar-refractivity contribution in [2.75, 3.05) is 11.6 Å². The van der Waals surface area contributed by atoms with Crippen molar-refractivity contribution in [3.05, 3.63) is 52.2 Å². The van der Waals surface area contributed by atoms with Gasteiger partial charge in [0.15, 0.2) is 0 Å². The third kappa shape index (κ3) is 4.21. The Morgan fingerprint density at radius 3 is 2.86 bits per heavy atom. The summed E-state index contributed by atoms with van der Waals surface area (Å²) < 4.78 is 0. The highest BCUT2D eigenvalue weighted by atomic mass is 32.2. The maximum Gasteiger partial charge on any atom is 0.328 e. The molecule has 21 heavy (non-hydrogen) atoms. The minimum absolute atomic E-state index is 0.242. The zero-order valence-corrected chi connectivity index (χ0v) is 12.8. The Balaban J connectivity index is 2.17. The molecule has 0 spiro atoms. The van der Waals surface area contributed by atoms with Gasteiger partial charge in [0, 0.05) is 16.7 Å². The van der Waals surface area contributed by atoms with Gasteiger partial charge in [0.25, 0.3) is 5.91 Å². The third-order valence-corrected chi connectivity index (χ3v) is 4.29. The molecule has 0 bridgehead atoms. The minimum Gasteiger partial charge on any atom is -0.478 e. The van der Waals surface area contributed by atoms with Crippen molar-refractivity contribution in [2.45, 2.75) is 4.90 Å². The number of aliphatic carboxylic acids is 1. The summed E-state index contributed by atoms with van der Waals surface area (Å²) in [7, 11) is 0. The van der Waals surface area contributed by atoms with E-state index in [9.17, 15) is 9.59 Å². The number of carbonyl (C=O) groups is 2. The number of hydrogen-bond donors (Lipinski definition) is 2.